The van der Waals surface area contributed by atoms with Gasteiger partial charge in [0, 0.05) is 0 Å². The molecule has 0 aliphatic heterocycles. The largest absolute Gasteiger partial charge is 0.373 e. The van der Waals surface area contributed by atoms with E-state index >= 15 is 0 Å². The van der Waals surface area contributed by atoms with Crippen molar-refractivity contribution in [3.05, 3.63) is 0 Å². The van der Waals surface area contributed by atoms with E-state index in [4.69, 9.17) is 0 Å². The number of azo groups is 1. The third-order valence-corrected chi connectivity index (χ3v) is 4.66. The van der Waals surface area contributed by atoms with Gasteiger partial charge in [-0.15, -0.1) is 0 Å². The number of nitrogens with zero attached hydrogens (tertiary/aromatic N) is 4. The average Bonchev–Trinajstić information content (AvgIpc) is 2.55. The smallest absolute Gasteiger partial charge is 0.175 e. The molecule has 0 amide bonds. The first-order chi connectivity index (χ1) is 12.8. The lowest BCUT2D eigenvalue weighted by Gasteiger charge is -2.32. The molecule has 0 heterocycles. The number of hydrogen-bond donors (Lipinski definition) is 2. The highest BCUT2D eigenvalue weighted by Gasteiger charge is 2.41. The second-order valence-corrected chi connectivity index (χ2v) is 9.79. The van der Waals surface area contributed by atoms with Crippen molar-refractivity contribution in [2.45, 2.75) is 104 Å². The number of aliphatic hydroxyl groups is 2. The highest BCUT2D eigenvalue weighted by molar-refractivity contribution is 5.10. The molecule has 160 valence electrons. The van der Waals surface area contributed by atoms with Gasteiger partial charge in [0.05, 0.1) is 12.1 Å². The van der Waals surface area contributed by atoms with Gasteiger partial charge in [-0.3, -0.25) is 0 Å². The summed E-state index contributed by atoms with van der Waals surface area (Å²) in [6, 6.07) is 2.68. The Morgan fingerprint density at radius 1 is 0.643 bits per heavy atom. The fraction of sp³-hybridized carbons (Fsp3) is 0.909. The molecule has 0 bridgehead atoms. The van der Waals surface area contributed by atoms with E-state index in [-0.39, 0.29) is 23.7 Å². The molecule has 28 heavy (non-hydrogen) atoms. The van der Waals surface area contributed by atoms with Gasteiger partial charge in [0.15, 0.2) is 11.2 Å². The van der Waals surface area contributed by atoms with Crippen LogP contribution in [0.3, 0.4) is 0 Å². The maximum atomic E-state index is 11.0. The van der Waals surface area contributed by atoms with Crippen LogP contribution in [0.1, 0.15) is 81.1 Å². The van der Waals surface area contributed by atoms with Crippen molar-refractivity contribution in [2.24, 2.45) is 33.9 Å². The van der Waals surface area contributed by atoms with Crippen molar-refractivity contribution in [1.29, 1.82) is 10.5 Å². The Kier molecular flexibility index (Phi) is 10.9. The Balaban J connectivity index is 5.97. The molecular formula is C22H40N4O2. The second-order valence-electron chi connectivity index (χ2n) is 9.79. The lowest BCUT2D eigenvalue weighted by atomic mass is 9.82. The van der Waals surface area contributed by atoms with E-state index in [1.165, 1.54) is 0 Å². The van der Waals surface area contributed by atoms with Gasteiger partial charge in [0.25, 0.3) is 0 Å². The van der Waals surface area contributed by atoms with Crippen LogP contribution >= 0.6 is 0 Å². The molecule has 6 nitrogen and oxygen atoms in total. The first-order valence-electron chi connectivity index (χ1n) is 10.5. The molecule has 0 spiro atoms. The van der Waals surface area contributed by atoms with E-state index in [9.17, 15) is 20.7 Å². The quantitative estimate of drug-likeness (QED) is 0.364. The molecule has 4 unspecified atom stereocenters. The lowest BCUT2D eigenvalue weighted by Crippen LogP contribution is -2.44. The number of nitriles is 2. The van der Waals surface area contributed by atoms with Gasteiger partial charge in [-0.2, -0.15) is 20.8 Å². The predicted molar refractivity (Wildman–Crippen MR) is 111 cm³/mol. The maximum absolute atomic E-state index is 11.0. The summed E-state index contributed by atoms with van der Waals surface area (Å²) in [5.41, 5.74) is -3.24. The molecule has 0 saturated heterocycles. The fourth-order valence-corrected chi connectivity index (χ4v) is 3.49. The molecule has 4 atom stereocenters. The molecular weight excluding hydrogens is 352 g/mol. The van der Waals surface area contributed by atoms with Crippen molar-refractivity contribution in [1.82, 2.24) is 0 Å². The molecule has 0 aromatic carbocycles. The van der Waals surface area contributed by atoms with Gasteiger partial charge >= 0.3 is 0 Å². The van der Waals surface area contributed by atoms with Crippen LogP contribution in [0.15, 0.2) is 10.2 Å². The second kappa shape index (κ2) is 11.5. The van der Waals surface area contributed by atoms with Crippen molar-refractivity contribution < 1.29 is 10.2 Å². The molecule has 0 rings (SSSR count). The van der Waals surface area contributed by atoms with E-state index in [2.05, 4.69) is 10.2 Å². The van der Waals surface area contributed by atoms with Gasteiger partial charge in [0.2, 0.25) is 0 Å². The minimum Gasteiger partial charge on any atom is -0.373 e. The van der Waals surface area contributed by atoms with Gasteiger partial charge in [-0.1, -0.05) is 55.4 Å². The molecule has 0 aliphatic rings. The highest BCUT2D eigenvalue weighted by Crippen LogP contribution is 2.31. The van der Waals surface area contributed by atoms with Crippen LogP contribution in [0.25, 0.3) is 0 Å². The fourth-order valence-electron chi connectivity index (χ4n) is 3.49. The molecule has 0 aromatic heterocycles. The highest BCUT2D eigenvalue weighted by atomic mass is 16.3. The van der Waals surface area contributed by atoms with E-state index in [1.54, 1.807) is 0 Å². The van der Waals surface area contributed by atoms with Crippen molar-refractivity contribution in [2.75, 3.05) is 0 Å². The van der Waals surface area contributed by atoms with Gasteiger partial charge in [-0.25, -0.2) is 0 Å². The summed E-state index contributed by atoms with van der Waals surface area (Å²) in [7, 11) is 0. The summed E-state index contributed by atoms with van der Waals surface area (Å²) >= 11 is 0. The Labute approximate surface area is 171 Å². The molecule has 0 aromatic rings. The normalized spacial score (nSPS) is 18.9. The van der Waals surface area contributed by atoms with Crippen LogP contribution in [-0.2, 0) is 0 Å². The van der Waals surface area contributed by atoms with Crippen molar-refractivity contribution >= 4 is 0 Å². The Hall–Kier alpha value is -1.50. The summed E-state index contributed by atoms with van der Waals surface area (Å²) in [4.78, 5) is 0. The van der Waals surface area contributed by atoms with Gasteiger partial charge in [-0.05, 0) is 49.4 Å². The van der Waals surface area contributed by atoms with Crippen LogP contribution in [0.4, 0.5) is 0 Å². The molecule has 0 fully saturated rings. The monoisotopic (exact) mass is 392 g/mol. The van der Waals surface area contributed by atoms with E-state index in [0.717, 1.165) is 0 Å². The average molecular weight is 393 g/mol. The SMILES string of the molecule is CC(C)CC(N=NC(CC(C)C)C(O)(C#N)CC(C)C)C(O)(C#N)CC(C)C. The van der Waals surface area contributed by atoms with Crippen molar-refractivity contribution in [3.8, 4) is 12.1 Å². The standard InChI is InChI=1S/C22H40N4O2/c1-15(2)9-19(21(27,13-23)11-17(5)6)25-26-20(10-16(3)4)22(28,14-24)12-18(7)8/h15-20,27-28H,9-12H2,1-8H3. The molecule has 2 N–H and O–H groups in total. The lowest BCUT2D eigenvalue weighted by molar-refractivity contribution is 0.0279. The Morgan fingerprint density at radius 2 is 0.929 bits per heavy atom. The van der Waals surface area contributed by atoms with E-state index in [1.807, 2.05) is 67.5 Å². The predicted octanol–water partition coefficient (Wildman–Crippen LogP) is 4.87. The molecule has 0 saturated carbocycles. The summed E-state index contributed by atoms with van der Waals surface area (Å²) in [6.45, 7) is 15.8. The third-order valence-electron chi connectivity index (χ3n) is 4.66. The summed E-state index contributed by atoms with van der Waals surface area (Å²) in [5, 5.41) is 50.0. The molecule has 0 radical (unpaired) electrons. The maximum Gasteiger partial charge on any atom is 0.175 e. The Morgan fingerprint density at radius 3 is 1.11 bits per heavy atom. The van der Waals surface area contributed by atoms with Crippen LogP contribution < -0.4 is 0 Å². The van der Waals surface area contributed by atoms with Gasteiger partial charge < -0.3 is 10.2 Å². The summed E-state index contributed by atoms with van der Waals surface area (Å²) in [6.07, 6.45) is 1.60. The number of hydrogen-bond acceptors (Lipinski definition) is 6. The zero-order chi connectivity index (χ0) is 22.1. The first-order valence-corrected chi connectivity index (χ1v) is 10.5. The number of rotatable bonds is 12. The van der Waals surface area contributed by atoms with Gasteiger partial charge in [0.1, 0.15) is 12.1 Å². The minimum absolute atomic E-state index is 0.123. The molecule has 0 aliphatic carbocycles. The summed E-state index contributed by atoms with van der Waals surface area (Å²) < 4.78 is 0. The van der Waals surface area contributed by atoms with Crippen LogP contribution in [-0.4, -0.2) is 33.5 Å². The van der Waals surface area contributed by atoms with Crippen LogP contribution in [0, 0.1) is 46.3 Å². The first kappa shape index (κ1) is 26.5. The molecule has 6 heteroatoms. The van der Waals surface area contributed by atoms with Crippen molar-refractivity contribution in [3.63, 3.8) is 0 Å². The van der Waals surface area contributed by atoms with Crippen LogP contribution in [0.2, 0.25) is 0 Å². The minimum atomic E-state index is -1.62. The van der Waals surface area contributed by atoms with E-state index in [0.29, 0.717) is 25.7 Å². The van der Waals surface area contributed by atoms with Crippen LogP contribution in [0.5, 0.6) is 0 Å². The summed E-state index contributed by atoms with van der Waals surface area (Å²) in [5.74, 6) is 0.672. The zero-order valence-electron chi connectivity index (χ0n) is 19.0. The third kappa shape index (κ3) is 8.67. The topological polar surface area (TPSA) is 113 Å². The zero-order valence-corrected chi connectivity index (χ0v) is 19.0. The Bertz CT molecular complexity index is 524. The van der Waals surface area contributed by atoms with E-state index < -0.39 is 23.3 Å².